The standard InChI is InChI=1S/C7H11FO4/c1-7(8)5(10)4(2-3-9)12-6(7)11/h4-5,9-10H,2-3H2,1H3/t4-,5-,7-/m1/s1. The van der Waals surface area contributed by atoms with Crippen LogP contribution < -0.4 is 0 Å². The SMILES string of the molecule is C[C@]1(F)C(=O)O[C@H](CCO)[C@H]1O. The van der Waals surface area contributed by atoms with E-state index in [2.05, 4.69) is 4.74 Å². The minimum absolute atomic E-state index is 0.0619. The molecule has 0 saturated carbocycles. The van der Waals surface area contributed by atoms with Crippen LogP contribution in [-0.2, 0) is 9.53 Å². The van der Waals surface area contributed by atoms with Gasteiger partial charge in [-0.15, -0.1) is 0 Å². The summed E-state index contributed by atoms with van der Waals surface area (Å²) < 4.78 is 17.7. The Morgan fingerprint density at radius 3 is 2.67 bits per heavy atom. The lowest BCUT2D eigenvalue weighted by molar-refractivity contribution is -0.149. The first-order valence-electron chi connectivity index (χ1n) is 3.69. The van der Waals surface area contributed by atoms with E-state index < -0.39 is 23.8 Å². The molecule has 0 aliphatic carbocycles. The third-order valence-electron chi connectivity index (χ3n) is 1.98. The molecule has 1 fully saturated rings. The van der Waals surface area contributed by atoms with Crippen molar-refractivity contribution in [1.29, 1.82) is 0 Å². The van der Waals surface area contributed by atoms with Crippen LogP contribution in [0.1, 0.15) is 13.3 Å². The third kappa shape index (κ3) is 1.30. The van der Waals surface area contributed by atoms with Crippen molar-refractivity contribution in [1.82, 2.24) is 0 Å². The summed E-state index contributed by atoms with van der Waals surface area (Å²) in [5.74, 6) is -1.06. The van der Waals surface area contributed by atoms with Crippen molar-refractivity contribution in [2.75, 3.05) is 6.61 Å². The highest BCUT2D eigenvalue weighted by Crippen LogP contribution is 2.30. The molecule has 5 heteroatoms. The van der Waals surface area contributed by atoms with Crippen molar-refractivity contribution in [3.63, 3.8) is 0 Å². The summed E-state index contributed by atoms with van der Waals surface area (Å²) in [5, 5.41) is 17.7. The van der Waals surface area contributed by atoms with Crippen LogP contribution in [-0.4, -0.2) is 40.7 Å². The van der Waals surface area contributed by atoms with Gasteiger partial charge in [0.2, 0.25) is 5.67 Å². The largest absolute Gasteiger partial charge is 0.457 e. The zero-order chi connectivity index (χ0) is 9.35. The van der Waals surface area contributed by atoms with E-state index in [4.69, 9.17) is 5.11 Å². The van der Waals surface area contributed by atoms with Gasteiger partial charge in [-0.25, -0.2) is 9.18 Å². The second-order valence-corrected chi connectivity index (χ2v) is 2.98. The quantitative estimate of drug-likeness (QED) is 0.553. The molecule has 2 N–H and O–H groups in total. The molecule has 1 rings (SSSR count). The lowest BCUT2D eigenvalue weighted by Gasteiger charge is -2.15. The van der Waals surface area contributed by atoms with Crippen molar-refractivity contribution >= 4 is 5.97 Å². The fourth-order valence-electron chi connectivity index (χ4n) is 1.13. The molecule has 0 amide bonds. The fraction of sp³-hybridized carbons (Fsp3) is 0.857. The Kier molecular flexibility index (Phi) is 2.34. The normalized spacial score (nSPS) is 41.5. The van der Waals surface area contributed by atoms with Gasteiger partial charge < -0.3 is 14.9 Å². The molecule has 1 aliphatic heterocycles. The molecule has 3 atom stereocenters. The van der Waals surface area contributed by atoms with Gasteiger partial charge in [0.15, 0.2) is 0 Å². The summed E-state index contributed by atoms with van der Waals surface area (Å²) in [7, 11) is 0. The van der Waals surface area contributed by atoms with Gasteiger partial charge in [0.25, 0.3) is 0 Å². The molecule has 0 bridgehead atoms. The summed E-state index contributed by atoms with van der Waals surface area (Å²) in [4.78, 5) is 10.8. The Bertz CT molecular complexity index is 192. The van der Waals surface area contributed by atoms with Crippen LogP contribution in [0.25, 0.3) is 0 Å². The molecule has 0 aromatic rings. The van der Waals surface area contributed by atoms with Gasteiger partial charge in [-0.1, -0.05) is 0 Å². The van der Waals surface area contributed by atoms with Crippen LogP contribution in [0.2, 0.25) is 0 Å². The predicted octanol–water partition coefficient (Wildman–Crippen LogP) is -0.617. The molecule has 0 unspecified atom stereocenters. The van der Waals surface area contributed by atoms with E-state index >= 15 is 0 Å². The molecule has 0 aromatic heterocycles. The summed E-state index contributed by atoms with van der Waals surface area (Å²) >= 11 is 0. The van der Waals surface area contributed by atoms with Crippen LogP contribution in [0.4, 0.5) is 4.39 Å². The lowest BCUT2D eigenvalue weighted by atomic mass is 9.99. The van der Waals surface area contributed by atoms with Gasteiger partial charge in [-0.05, 0) is 6.92 Å². The topological polar surface area (TPSA) is 66.8 Å². The monoisotopic (exact) mass is 178 g/mol. The number of esters is 1. The zero-order valence-corrected chi connectivity index (χ0v) is 6.66. The summed E-state index contributed by atoms with van der Waals surface area (Å²) in [5.41, 5.74) is -2.33. The van der Waals surface area contributed by atoms with Crippen LogP contribution in [0.15, 0.2) is 0 Å². The molecule has 70 valence electrons. The number of cyclic esters (lactones) is 1. The number of aliphatic hydroxyl groups is 2. The van der Waals surface area contributed by atoms with Gasteiger partial charge in [0.05, 0.1) is 0 Å². The van der Waals surface area contributed by atoms with Gasteiger partial charge in [-0.3, -0.25) is 0 Å². The minimum Gasteiger partial charge on any atom is -0.457 e. The lowest BCUT2D eigenvalue weighted by Crippen LogP contribution is -2.39. The van der Waals surface area contributed by atoms with Gasteiger partial charge in [-0.2, -0.15) is 0 Å². The maximum Gasteiger partial charge on any atom is 0.346 e. The molecule has 1 saturated heterocycles. The van der Waals surface area contributed by atoms with E-state index in [1.165, 1.54) is 0 Å². The number of hydrogen-bond acceptors (Lipinski definition) is 4. The van der Waals surface area contributed by atoms with Crippen molar-refractivity contribution in [3.8, 4) is 0 Å². The van der Waals surface area contributed by atoms with E-state index in [0.717, 1.165) is 6.92 Å². The Labute approximate surface area is 69.0 Å². The fourth-order valence-corrected chi connectivity index (χ4v) is 1.13. The number of rotatable bonds is 2. The average molecular weight is 178 g/mol. The first-order valence-corrected chi connectivity index (χ1v) is 3.69. The highest BCUT2D eigenvalue weighted by Gasteiger charge is 2.54. The number of hydrogen-bond donors (Lipinski definition) is 2. The molecule has 12 heavy (non-hydrogen) atoms. The summed E-state index contributed by atoms with van der Waals surface area (Å²) in [6.45, 7) is 0.725. The van der Waals surface area contributed by atoms with Crippen LogP contribution in [0.3, 0.4) is 0 Å². The molecular weight excluding hydrogens is 167 g/mol. The van der Waals surface area contributed by atoms with Crippen molar-refractivity contribution < 1.29 is 24.1 Å². The summed E-state index contributed by atoms with van der Waals surface area (Å²) in [6, 6.07) is 0. The van der Waals surface area contributed by atoms with Gasteiger partial charge >= 0.3 is 5.97 Å². The molecule has 0 spiro atoms. The highest BCUT2D eigenvalue weighted by molar-refractivity contribution is 5.82. The first kappa shape index (κ1) is 9.41. The van der Waals surface area contributed by atoms with E-state index in [-0.39, 0.29) is 13.0 Å². The maximum absolute atomic E-state index is 13.2. The number of aliphatic hydroxyl groups excluding tert-OH is 2. The molecule has 0 radical (unpaired) electrons. The van der Waals surface area contributed by atoms with Crippen LogP contribution >= 0.6 is 0 Å². The Morgan fingerprint density at radius 1 is 1.75 bits per heavy atom. The Balaban J connectivity index is 2.69. The van der Waals surface area contributed by atoms with E-state index in [0.29, 0.717) is 0 Å². The molecule has 4 nitrogen and oxygen atoms in total. The van der Waals surface area contributed by atoms with Gasteiger partial charge in [0, 0.05) is 13.0 Å². The van der Waals surface area contributed by atoms with Crippen molar-refractivity contribution in [2.24, 2.45) is 0 Å². The molecule has 1 heterocycles. The number of carbonyl (C=O) groups excluding carboxylic acids is 1. The van der Waals surface area contributed by atoms with Crippen LogP contribution in [0, 0.1) is 0 Å². The zero-order valence-electron chi connectivity index (χ0n) is 6.66. The molecule has 1 aliphatic rings. The number of alkyl halides is 1. The highest BCUT2D eigenvalue weighted by atomic mass is 19.1. The third-order valence-corrected chi connectivity index (χ3v) is 1.98. The number of carbonyl (C=O) groups is 1. The first-order chi connectivity index (χ1) is 5.50. The molecular formula is C7H11FO4. The van der Waals surface area contributed by atoms with Crippen LogP contribution in [0.5, 0.6) is 0 Å². The predicted molar refractivity (Wildman–Crippen MR) is 37.1 cm³/mol. The second kappa shape index (κ2) is 2.99. The second-order valence-electron chi connectivity index (χ2n) is 2.98. The number of ether oxygens (including phenoxy) is 1. The number of halogens is 1. The smallest absolute Gasteiger partial charge is 0.346 e. The Morgan fingerprint density at radius 2 is 2.33 bits per heavy atom. The maximum atomic E-state index is 13.2. The molecule has 0 aromatic carbocycles. The minimum atomic E-state index is -2.33. The Hall–Kier alpha value is -0.680. The average Bonchev–Trinajstić information content (AvgIpc) is 2.17. The van der Waals surface area contributed by atoms with Crippen molar-refractivity contribution in [2.45, 2.75) is 31.2 Å². The van der Waals surface area contributed by atoms with E-state index in [1.807, 2.05) is 0 Å². The van der Waals surface area contributed by atoms with Crippen molar-refractivity contribution in [3.05, 3.63) is 0 Å². The van der Waals surface area contributed by atoms with Gasteiger partial charge in [0.1, 0.15) is 12.2 Å². The summed E-state index contributed by atoms with van der Waals surface area (Å²) in [6.07, 6.45) is -2.33. The van der Waals surface area contributed by atoms with E-state index in [1.54, 1.807) is 0 Å². The van der Waals surface area contributed by atoms with E-state index in [9.17, 15) is 14.3 Å².